The number of aliphatic hydroxyl groups is 3. The number of hydrogen-bond acceptors (Lipinski definition) is 7. The molecular weight excluding hydrogens is 316 g/mol. The van der Waals surface area contributed by atoms with Crippen LogP contribution < -0.4 is 0 Å². The third kappa shape index (κ3) is 6.55. The Labute approximate surface area is 144 Å². The van der Waals surface area contributed by atoms with Crippen LogP contribution in [0.5, 0.6) is 0 Å². The van der Waals surface area contributed by atoms with Crippen molar-refractivity contribution < 1.29 is 34.3 Å². The van der Waals surface area contributed by atoms with Gasteiger partial charge < -0.3 is 34.3 Å². The van der Waals surface area contributed by atoms with Crippen molar-refractivity contribution in [1.82, 2.24) is 0 Å². The summed E-state index contributed by atoms with van der Waals surface area (Å²) in [6.07, 6.45) is -2.85. The van der Waals surface area contributed by atoms with E-state index < -0.39 is 35.6 Å². The van der Waals surface area contributed by atoms with Crippen LogP contribution in [0.25, 0.3) is 0 Å². The SMILES string of the molecule is CC(C)OCC(C)(C)OC(CO)C1OCC(OC(C)(C)CO)C1O. The van der Waals surface area contributed by atoms with Crippen LogP contribution in [0.4, 0.5) is 0 Å². The van der Waals surface area contributed by atoms with Crippen LogP contribution in [0, 0.1) is 0 Å². The summed E-state index contributed by atoms with van der Waals surface area (Å²) < 4.78 is 22.8. The Balaban J connectivity index is 2.66. The van der Waals surface area contributed by atoms with E-state index in [1.165, 1.54) is 0 Å². The monoisotopic (exact) mass is 350 g/mol. The Hall–Kier alpha value is -0.280. The second-order valence-corrected chi connectivity index (χ2v) is 7.82. The van der Waals surface area contributed by atoms with E-state index in [-0.39, 0.29) is 25.9 Å². The third-order valence-electron chi connectivity index (χ3n) is 3.80. The molecule has 7 nitrogen and oxygen atoms in total. The number of aliphatic hydroxyl groups excluding tert-OH is 3. The summed E-state index contributed by atoms with van der Waals surface area (Å²) in [6, 6.07) is 0. The van der Waals surface area contributed by atoms with Crippen molar-refractivity contribution in [2.45, 2.75) is 83.3 Å². The zero-order valence-corrected chi connectivity index (χ0v) is 15.7. The highest BCUT2D eigenvalue weighted by Crippen LogP contribution is 2.27. The predicted octanol–water partition coefficient (Wildman–Crippen LogP) is 0.483. The third-order valence-corrected chi connectivity index (χ3v) is 3.80. The Kier molecular flexibility index (Phi) is 8.06. The van der Waals surface area contributed by atoms with E-state index in [0.717, 1.165) is 0 Å². The zero-order chi connectivity index (χ0) is 18.5. The van der Waals surface area contributed by atoms with Gasteiger partial charge in [0.05, 0.1) is 43.7 Å². The van der Waals surface area contributed by atoms with Gasteiger partial charge in [-0.05, 0) is 41.5 Å². The Morgan fingerprint density at radius 2 is 1.75 bits per heavy atom. The summed E-state index contributed by atoms with van der Waals surface area (Å²) in [6.45, 7) is 11.2. The van der Waals surface area contributed by atoms with Crippen molar-refractivity contribution in [1.29, 1.82) is 0 Å². The molecule has 4 unspecified atom stereocenters. The number of ether oxygens (including phenoxy) is 4. The van der Waals surface area contributed by atoms with E-state index in [1.807, 2.05) is 27.7 Å². The Morgan fingerprint density at radius 1 is 1.12 bits per heavy atom. The van der Waals surface area contributed by atoms with E-state index in [1.54, 1.807) is 13.8 Å². The second-order valence-electron chi connectivity index (χ2n) is 7.82. The second kappa shape index (κ2) is 8.89. The lowest BCUT2D eigenvalue weighted by Gasteiger charge is -2.34. The maximum Gasteiger partial charge on any atom is 0.115 e. The first kappa shape index (κ1) is 21.8. The molecule has 0 bridgehead atoms. The molecule has 1 saturated heterocycles. The van der Waals surface area contributed by atoms with E-state index in [4.69, 9.17) is 18.9 Å². The topological polar surface area (TPSA) is 97.6 Å². The van der Waals surface area contributed by atoms with Crippen LogP contribution in [-0.4, -0.2) is 83.5 Å². The molecule has 1 rings (SSSR count). The average Bonchev–Trinajstić information content (AvgIpc) is 2.84. The molecule has 7 heteroatoms. The van der Waals surface area contributed by atoms with Gasteiger partial charge in [0.2, 0.25) is 0 Å². The molecule has 0 aromatic carbocycles. The fourth-order valence-electron chi connectivity index (χ4n) is 2.51. The molecule has 1 aliphatic rings. The predicted molar refractivity (Wildman–Crippen MR) is 88.9 cm³/mol. The van der Waals surface area contributed by atoms with Gasteiger partial charge in [-0.2, -0.15) is 0 Å². The minimum Gasteiger partial charge on any atom is -0.394 e. The van der Waals surface area contributed by atoms with Crippen LogP contribution in [0.2, 0.25) is 0 Å². The van der Waals surface area contributed by atoms with Gasteiger partial charge in [-0.15, -0.1) is 0 Å². The quantitative estimate of drug-likeness (QED) is 0.527. The fraction of sp³-hybridized carbons (Fsp3) is 1.00. The maximum atomic E-state index is 10.5. The zero-order valence-electron chi connectivity index (χ0n) is 15.7. The molecule has 0 amide bonds. The van der Waals surface area contributed by atoms with Crippen molar-refractivity contribution in [2.24, 2.45) is 0 Å². The molecule has 0 aromatic heterocycles. The van der Waals surface area contributed by atoms with Crippen molar-refractivity contribution in [3.05, 3.63) is 0 Å². The van der Waals surface area contributed by atoms with Crippen LogP contribution in [0.15, 0.2) is 0 Å². The summed E-state index contributed by atoms with van der Waals surface area (Å²) in [5.74, 6) is 0. The smallest absolute Gasteiger partial charge is 0.115 e. The lowest BCUT2D eigenvalue weighted by Crippen LogP contribution is -2.48. The molecular formula is C17H34O7. The fourth-order valence-corrected chi connectivity index (χ4v) is 2.51. The molecule has 1 heterocycles. The highest BCUT2D eigenvalue weighted by Gasteiger charge is 2.45. The molecule has 1 aliphatic heterocycles. The number of hydrogen-bond donors (Lipinski definition) is 3. The molecule has 144 valence electrons. The highest BCUT2D eigenvalue weighted by atomic mass is 16.6. The summed E-state index contributed by atoms with van der Waals surface area (Å²) in [4.78, 5) is 0. The van der Waals surface area contributed by atoms with Gasteiger partial charge in [0, 0.05) is 0 Å². The maximum absolute atomic E-state index is 10.5. The first-order chi connectivity index (χ1) is 11.0. The average molecular weight is 350 g/mol. The highest BCUT2D eigenvalue weighted by molar-refractivity contribution is 4.92. The van der Waals surface area contributed by atoms with Gasteiger partial charge >= 0.3 is 0 Å². The van der Waals surface area contributed by atoms with Gasteiger partial charge in [-0.1, -0.05) is 0 Å². The van der Waals surface area contributed by atoms with Gasteiger partial charge in [-0.25, -0.2) is 0 Å². The van der Waals surface area contributed by atoms with E-state index in [9.17, 15) is 15.3 Å². The van der Waals surface area contributed by atoms with Crippen LogP contribution in [-0.2, 0) is 18.9 Å². The van der Waals surface area contributed by atoms with Crippen LogP contribution in [0.1, 0.15) is 41.5 Å². The lowest BCUT2D eigenvalue weighted by molar-refractivity contribution is -0.178. The molecule has 3 N–H and O–H groups in total. The van der Waals surface area contributed by atoms with E-state index in [2.05, 4.69) is 0 Å². The minimum absolute atomic E-state index is 0.0762. The normalized spacial score (nSPS) is 27.0. The Morgan fingerprint density at radius 3 is 2.25 bits per heavy atom. The summed E-state index contributed by atoms with van der Waals surface area (Å²) >= 11 is 0. The minimum atomic E-state index is -0.949. The molecule has 0 saturated carbocycles. The molecule has 0 aliphatic carbocycles. The lowest BCUT2D eigenvalue weighted by atomic mass is 10.0. The molecule has 24 heavy (non-hydrogen) atoms. The van der Waals surface area contributed by atoms with E-state index >= 15 is 0 Å². The van der Waals surface area contributed by atoms with Crippen LogP contribution in [0.3, 0.4) is 0 Å². The largest absolute Gasteiger partial charge is 0.394 e. The van der Waals surface area contributed by atoms with Crippen molar-refractivity contribution >= 4 is 0 Å². The molecule has 1 fully saturated rings. The molecule has 0 radical (unpaired) electrons. The van der Waals surface area contributed by atoms with Gasteiger partial charge in [0.1, 0.15) is 24.4 Å². The molecule has 4 atom stereocenters. The first-order valence-electron chi connectivity index (χ1n) is 8.50. The van der Waals surface area contributed by atoms with Gasteiger partial charge in [0.25, 0.3) is 0 Å². The van der Waals surface area contributed by atoms with Crippen molar-refractivity contribution in [3.8, 4) is 0 Å². The summed E-state index contributed by atoms with van der Waals surface area (Å²) in [7, 11) is 0. The summed E-state index contributed by atoms with van der Waals surface area (Å²) in [5, 5.41) is 29.4. The Bertz CT molecular complexity index is 370. The van der Waals surface area contributed by atoms with Crippen molar-refractivity contribution in [2.75, 3.05) is 26.4 Å². The van der Waals surface area contributed by atoms with Gasteiger partial charge in [0.15, 0.2) is 0 Å². The van der Waals surface area contributed by atoms with Crippen molar-refractivity contribution in [3.63, 3.8) is 0 Å². The first-order valence-corrected chi connectivity index (χ1v) is 8.50. The summed E-state index contributed by atoms with van der Waals surface area (Å²) in [5.41, 5.74) is -1.41. The standard InChI is InChI=1S/C17H34O7/c1-11(2)22-10-17(5,6)23-12(7-18)15-14(20)13(8-21-15)24-16(3,4)9-19/h11-15,18-20H,7-10H2,1-6H3. The molecule has 0 aromatic rings. The van der Waals surface area contributed by atoms with Crippen LogP contribution >= 0.6 is 0 Å². The van der Waals surface area contributed by atoms with E-state index in [0.29, 0.717) is 6.61 Å². The van der Waals surface area contributed by atoms with Gasteiger partial charge in [-0.3, -0.25) is 0 Å². The molecule has 0 spiro atoms. The number of rotatable bonds is 10.